The number of hydrogen-bond acceptors (Lipinski definition) is 2. The van der Waals surface area contributed by atoms with Gasteiger partial charge in [0.15, 0.2) is 0 Å². The van der Waals surface area contributed by atoms with Gasteiger partial charge in [0.2, 0.25) is 0 Å². The first kappa shape index (κ1) is 13.8. The number of rotatable bonds is 6. The van der Waals surface area contributed by atoms with Crippen molar-refractivity contribution >= 4 is 0 Å². The molecule has 0 fully saturated rings. The normalized spacial score (nSPS) is 12.6. The van der Waals surface area contributed by atoms with E-state index < -0.39 is 0 Å². The molecule has 1 unspecified atom stereocenters. The summed E-state index contributed by atoms with van der Waals surface area (Å²) in [5, 5.41) is 3.39. The molecule has 2 nitrogen and oxygen atoms in total. The Kier molecular flexibility index (Phi) is 4.74. The van der Waals surface area contributed by atoms with Crippen LogP contribution in [0.1, 0.15) is 36.3 Å². The second kappa shape index (κ2) is 6.53. The lowest BCUT2D eigenvalue weighted by Gasteiger charge is -2.19. The second-order valence-corrected chi connectivity index (χ2v) is 4.77. The average Bonchev–Trinajstić information content (AvgIpc) is 2.91. The molecule has 1 atom stereocenters. The van der Waals surface area contributed by atoms with Crippen LogP contribution >= 0.6 is 0 Å². The fourth-order valence-corrected chi connectivity index (χ4v) is 2.18. The molecular weight excluding hydrogens is 241 g/mol. The molecule has 1 aromatic carbocycles. The highest BCUT2D eigenvalue weighted by molar-refractivity contribution is 5.28. The lowest BCUT2D eigenvalue weighted by molar-refractivity contribution is 0.437. The summed E-state index contributed by atoms with van der Waals surface area (Å²) in [7, 11) is 0. The van der Waals surface area contributed by atoms with Gasteiger partial charge in [0, 0.05) is 18.0 Å². The summed E-state index contributed by atoms with van der Waals surface area (Å²) in [6.45, 7) is 4.75. The molecule has 0 aliphatic heterocycles. The van der Waals surface area contributed by atoms with E-state index in [1.165, 1.54) is 0 Å². The fourth-order valence-electron chi connectivity index (χ4n) is 2.18. The van der Waals surface area contributed by atoms with Crippen molar-refractivity contribution in [2.75, 3.05) is 6.54 Å². The van der Waals surface area contributed by atoms with E-state index in [9.17, 15) is 4.39 Å². The second-order valence-electron chi connectivity index (χ2n) is 4.77. The van der Waals surface area contributed by atoms with Crippen LogP contribution in [0.4, 0.5) is 4.39 Å². The third kappa shape index (κ3) is 3.44. The SMILES string of the molecule is CCCNC(Cc1ccco1)c1cccc(C)c1F. The Morgan fingerprint density at radius 3 is 2.79 bits per heavy atom. The summed E-state index contributed by atoms with van der Waals surface area (Å²) < 4.78 is 19.6. The van der Waals surface area contributed by atoms with Gasteiger partial charge in [-0.15, -0.1) is 0 Å². The standard InChI is InChI=1S/C16H20FNO/c1-3-9-18-15(11-13-7-5-10-19-13)14-8-4-6-12(2)16(14)17/h4-8,10,15,18H,3,9,11H2,1-2H3. The van der Waals surface area contributed by atoms with Gasteiger partial charge < -0.3 is 9.73 Å². The van der Waals surface area contributed by atoms with E-state index in [0.717, 1.165) is 18.7 Å². The molecule has 0 radical (unpaired) electrons. The minimum Gasteiger partial charge on any atom is -0.469 e. The van der Waals surface area contributed by atoms with Crippen LogP contribution in [0.2, 0.25) is 0 Å². The summed E-state index contributed by atoms with van der Waals surface area (Å²) in [6.07, 6.45) is 3.33. The first-order valence-electron chi connectivity index (χ1n) is 6.73. The first-order chi connectivity index (χ1) is 9.22. The monoisotopic (exact) mass is 261 g/mol. The molecule has 3 heteroatoms. The number of hydrogen-bond donors (Lipinski definition) is 1. The van der Waals surface area contributed by atoms with Crippen molar-refractivity contribution in [2.24, 2.45) is 0 Å². The molecule has 19 heavy (non-hydrogen) atoms. The van der Waals surface area contributed by atoms with Gasteiger partial charge in [-0.1, -0.05) is 25.1 Å². The van der Waals surface area contributed by atoms with Gasteiger partial charge >= 0.3 is 0 Å². The molecule has 0 aliphatic carbocycles. The molecule has 0 aliphatic rings. The van der Waals surface area contributed by atoms with Crippen LogP contribution in [0.3, 0.4) is 0 Å². The number of nitrogens with one attached hydrogen (secondary N) is 1. The Morgan fingerprint density at radius 2 is 2.11 bits per heavy atom. The van der Waals surface area contributed by atoms with E-state index in [2.05, 4.69) is 12.2 Å². The average molecular weight is 261 g/mol. The van der Waals surface area contributed by atoms with Crippen LogP contribution in [0.5, 0.6) is 0 Å². The topological polar surface area (TPSA) is 25.2 Å². The quantitative estimate of drug-likeness (QED) is 0.850. The van der Waals surface area contributed by atoms with Crippen molar-refractivity contribution in [1.29, 1.82) is 0 Å². The summed E-state index contributed by atoms with van der Waals surface area (Å²) in [5.41, 5.74) is 1.39. The van der Waals surface area contributed by atoms with Gasteiger partial charge in [-0.05, 0) is 37.6 Å². The Labute approximate surface area is 113 Å². The van der Waals surface area contributed by atoms with E-state index in [-0.39, 0.29) is 11.9 Å². The maximum absolute atomic E-state index is 14.2. The Morgan fingerprint density at radius 1 is 1.26 bits per heavy atom. The number of halogens is 1. The summed E-state index contributed by atoms with van der Waals surface area (Å²) in [5.74, 6) is 0.747. The smallest absolute Gasteiger partial charge is 0.130 e. The summed E-state index contributed by atoms with van der Waals surface area (Å²) in [6, 6.07) is 9.27. The lowest BCUT2D eigenvalue weighted by atomic mass is 9.99. The largest absolute Gasteiger partial charge is 0.469 e. The van der Waals surface area contributed by atoms with Crippen molar-refractivity contribution < 1.29 is 8.81 Å². The summed E-state index contributed by atoms with van der Waals surface area (Å²) >= 11 is 0. The molecule has 0 spiro atoms. The molecule has 102 valence electrons. The first-order valence-corrected chi connectivity index (χ1v) is 6.73. The Bertz CT molecular complexity index is 507. The minimum atomic E-state index is -0.123. The molecule has 0 bridgehead atoms. The molecule has 2 aromatic rings. The van der Waals surface area contributed by atoms with Crippen molar-refractivity contribution in [3.05, 3.63) is 59.3 Å². The lowest BCUT2D eigenvalue weighted by Crippen LogP contribution is -2.25. The van der Waals surface area contributed by atoms with Crippen molar-refractivity contribution in [3.8, 4) is 0 Å². The van der Waals surface area contributed by atoms with Crippen molar-refractivity contribution in [2.45, 2.75) is 32.7 Å². The number of aryl methyl sites for hydroxylation is 1. The van der Waals surface area contributed by atoms with Crippen LogP contribution in [0.15, 0.2) is 41.0 Å². The molecular formula is C16H20FNO. The van der Waals surface area contributed by atoms with Crippen molar-refractivity contribution in [3.63, 3.8) is 0 Å². The molecule has 0 saturated heterocycles. The van der Waals surface area contributed by atoms with E-state index in [4.69, 9.17) is 4.42 Å². The van der Waals surface area contributed by atoms with E-state index in [1.807, 2.05) is 24.3 Å². The molecule has 1 heterocycles. The van der Waals surface area contributed by atoms with Gasteiger partial charge in [0.25, 0.3) is 0 Å². The van der Waals surface area contributed by atoms with Gasteiger partial charge in [0.1, 0.15) is 11.6 Å². The molecule has 1 N–H and O–H groups in total. The van der Waals surface area contributed by atoms with Gasteiger partial charge in [-0.2, -0.15) is 0 Å². The number of furan rings is 1. The zero-order chi connectivity index (χ0) is 13.7. The van der Waals surface area contributed by atoms with Crippen LogP contribution in [0, 0.1) is 12.7 Å². The molecule has 1 aromatic heterocycles. The Hall–Kier alpha value is -1.61. The van der Waals surface area contributed by atoms with Gasteiger partial charge in [0.05, 0.1) is 6.26 Å². The maximum atomic E-state index is 14.2. The van der Waals surface area contributed by atoms with Crippen molar-refractivity contribution in [1.82, 2.24) is 5.32 Å². The highest BCUT2D eigenvalue weighted by atomic mass is 19.1. The van der Waals surface area contributed by atoms with Gasteiger partial charge in [-0.25, -0.2) is 4.39 Å². The molecule has 2 rings (SSSR count). The minimum absolute atomic E-state index is 0.0500. The third-order valence-corrected chi connectivity index (χ3v) is 3.22. The predicted molar refractivity (Wildman–Crippen MR) is 74.6 cm³/mol. The van der Waals surface area contributed by atoms with E-state index in [1.54, 1.807) is 19.3 Å². The molecule has 0 saturated carbocycles. The van der Waals surface area contributed by atoms with Gasteiger partial charge in [-0.3, -0.25) is 0 Å². The van der Waals surface area contributed by atoms with E-state index in [0.29, 0.717) is 17.5 Å². The zero-order valence-corrected chi connectivity index (χ0v) is 11.4. The highest BCUT2D eigenvalue weighted by Crippen LogP contribution is 2.23. The summed E-state index contributed by atoms with van der Waals surface area (Å²) in [4.78, 5) is 0. The number of benzene rings is 1. The predicted octanol–water partition coefficient (Wildman–Crippen LogP) is 4.01. The van der Waals surface area contributed by atoms with Crippen LogP contribution in [-0.2, 0) is 6.42 Å². The maximum Gasteiger partial charge on any atom is 0.130 e. The van der Waals surface area contributed by atoms with E-state index >= 15 is 0 Å². The fraction of sp³-hybridized carbons (Fsp3) is 0.375. The zero-order valence-electron chi connectivity index (χ0n) is 11.4. The Balaban J connectivity index is 2.23. The highest BCUT2D eigenvalue weighted by Gasteiger charge is 2.17. The third-order valence-electron chi connectivity index (χ3n) is 3.22. The van der Waals surface area contributed by atoms with Crippen LogP contribution in [0.25, 0.3) is 0 Å². The molecule has 0 amide bonds. The van der Waals surface area contributed by atoms with Crippen LogP contribution < -0.4 is 5.32 Å². The van der Waals surface area contributed by atoms with Crippen LogP contribution in [-0.4, -0.2) is 6.54 Å².